The molecule has 1 saturated heterocycles. The Labute approximate surface area is 193 Å². The third kappa shape index (κ3) is 4.93. The number of carbonyl (C=O) groups excluding carboxylic acids is 2. The summed E-state index contributed by atoms with van der Waals surface area (Å²) >= 11 is 0. The first-order chi connectivity index (χ1) is 15.7. The highest BCUT2D eigenvalue weighted by molar-refractivity contribution is 6.46. The SMILES string of the molecule is CCN(CC)CCCN1C(=O)C(=O)C(=C(O)c2cc(C)c(C)cc2O)[C@@H]1c1cccc(F)c1. The molecule has 176 valence electrons. The molecular weight excluding hydrogens is 423 g/mol. The van der Waals surface area contributed by atoms with Gasteiger partial charge in [-0.25, -0.2) is 4.39 Å². The zero-order valence-electron chi connectivity index (χ0n) is 19.6. The number of rotatable bonds is 8. The van der Waals surface area contributed by atoms with Gasteiger partial charge in [0.15, 0.2) is 0 Å². The molecule has 1 aliphatic rings. The number of hydrogen-bond donors (Lipinski definition) is 2. The Balaban J connectivity index is 2.10. The van der Waals surface area contributed by atoms with E-state index in [9.17, 15) is 24.2 Å². The highest BCUT2D eigenvalue weighted by atomic mass is 19.1. The number of carbonyl (C=O) groups is 2. The van der Waals surface area contributed by atoms with Crippen molar-refractivity contribution in [1.29, 1.82) is 0 Å². The minimum atomic E-state index is -0.946. The highest BCUT2D eigenvalue weighted by Crippen LogP contribution is 2.41. The molecule has 1 heterocycles. The van der Waals surface area contributed by atoms with Crippen LogP contribution in [0.5, 0.6) is 5.75 Å². The topological polar surface area (TPSA) is 81.1 Å². The van der Waals surface area contributed by atoms with Crippen LogP contribution >= 0.6 is 0 Å². The van der Waals surface area contributed by atoms with E-state index < -0.39 is 29.3 Å². The first kappa shape index (κ1) is 24.5. The first-order valence-corrected chi connectivity index (χ1v) is 11.3. The van der Waals surface area contributed by atoms with Gasteiger partial charge in [0.05, 0.1) is 17.2 Å². The van der Waals surface area contributed by atoms with Crippen LogP contribution in [0.1, 0.15) is 48.6 Å². The molecule has 7 heteroatoms. The fourth-order valence-corrected chi connectivity index (χ4v) is 4.27. The van der Waals surface area contributed by atoms with Gasteiger partial charge >= 0.3 is 0 Å². The Bertz CT molecular complexity index is 1090. The van der Waals surface area contributed by atoms with Crippen molar-refractivity contribution in [1.82, 2.24) is 9.80 Å². The molecule has 1 fully saturated rings. The molecule has 2 N–H and O–H groups in total. The van der Waals surface area contributed by atoms with Gasteiger partial charge in [-0.3, -0.25) is 9.59 Å². The van der Waals surface area contributed by atoms with E-state index in [2.05, 4.69) is 18.7 Å². The third-order valence-corrected chi connectivity index (χ3v) is 6.34. The van der Waals surface area contributed by atoms with Crippen molar-refractivity contribution in [3.63, 3.8) is 0 Å². The molecule has 0 radical (unpaired) electrons. The molecule has 0 spiro atoms. The number of aryl methyl sites for hydroxylation is 2. The summed E-state index contributed by atoms with van der Waals surface area (Å²) < 4.78 is 14.1. The van der Waals surface area contributed by atoms with Gasteiger partial charge in [-0.05, 0) is 80.9 Å². The Morgan fingerprint density at radius 2 is 1.76 bits per heavy atom. The van der Waals surface area contributed by atoms with Crippen molar-refractivity contribution in [3.8, 4) is 5.75 Å². The molecule has 1 atom stereocenters. The normalized spacial score (nSPS) is 17.9. The maximum Gasteiger partial charge on any atom is 0.295 e. The van der Waals surface area contributed by atoms with Gasteiger partial charge in [0, 0.05) is 6.54 Å². The lowest BCUT2D eigenvalue weighted by Crippen LogP contribution is -2.33. The van der Waals surface area contributed by atoms with Crippen LogP contribution in [0.2, 0.25) is 0 Å². The molecule has 33 heavy (non-hydrogen) atoms. The second-order valence-corrected chi connectivity index (χ2v) is 8.38. The summed E-state index contributed by atoms with van der Waals surface area (Å²) in [5.41, 5.74) is 1.95. The van der Waals surface area contributed by atoms with E-state index in [0.717, 1.165) is 30.8 Å². The van der Waals surface area contributed by atoms with Crippen molar-refractivity contribution in [2.24, 2.45) is 0 Å². The van der Waals surface area contributed by atoms with Gasteiger partial charge in [0.1, 0.15) is 17.3 Å². The number of Topliss-reactive ketones (excluding diaryl/α,β-unsaturated/α-hetero) is 1. The first-order valence-electron chi connectivity index (χ1n) is 11.3. The lowest BCUT2D eigenvalue weighted by atomic mass is 9.93. The number of likely N-dealkylation sites (tertiary alicyclic amines) is 1. The second-order valence-electron chi connectivity index (χ2n) is 8.38. The minimum Gasteiger partial charge on any atom is -0.507 e. The van der Waals surface area contributed by atoms with E-state index in [1.165, 1.54) is 29.2 Å². The van der Waals surface area contributed by atoms with Crippen LogP contribution in [0.25, 0.3) is 5.76 Å². The number of phenols is 1. The largest absolute Gasteiger partial charge is 0.507 e. The van der Waals surface area contributed by atoms with Crippen molar-refractivity contribution < 1.29 is 24.2 Å². The van der Waals surface area contributed by atoms with Crippen LogP contribution < -0.4 is 0 Å². The monoisotopic (exact) mass is 454 g/mol. The Kier molecular flexibility index (Phi) is 7.53. The number of aromatic hydroxyl groups is 1. The molecule has 0 aliphatic carbocycles. The molecule has 0 unspecified atom stereocenters. The molecule has 3 rings (SSSR count). The number of hydrogen-bond acceptors (Lipinski definition) is 5. The average molecular weight is 455 g/mol. The molecule has 0 bridgehead atoms. The Hall–Kier alpha value is -3.19. The smallest absolute Gasteiger partial charge is 0.295 e. The minimum absolute atomic E-state index is 0.0700. The Morgan fingerprint density at radius 3 is 2.39 bits per heavy atom. The summed E-state index contributed by atoms with van der Waals surface area (Å²) in [7, 11) is 0. The van der Waals surface area contributed by atoms with E-state index in [4.69, 9.17) is 0 Å². The summed E-state index contributed by atoms with van der Waals surface area (Å²) in [6, 6.07) is 7.82. The molecule has 6 nitrogen and oxygen atoms in total. The van der Waals surface area contributed by atoms with Gasteiger partial charge in [-0.1, -0.05) is 26.0 Å². The maximum absolute atomic E-state index is 14.1. The summed E-state index contributed by atoms with van der Waals surface area (Å²) in [5, 5.41) is 21.6. The van der Waals surface area contributed by atoms with Crippen molar-refractivity contribution >= 4 is 17.4 Å². The second kappa shape index (κ2) is 10.2. The zero-order chi connectivity index (χ0) is 24.3. The molecular formula is C26H31FN2O4. The molecule has 0 saturated carbocycles. The molecule has 2 aromatic carbocycles. The summed E-state index contributed by atoms with van der Waals surface area (Å²) in [6.45, 7) is 10.5. The number of phenolic OH excluding ortho intramolecular Hbond substituents is 1. The molecule has 1 amide bonds. The lowest BCUT2D eigenvalue weighted by Gasteiger charge is -2.27. The van der Waals surface area contributed by atoms with Gasteiger partial charge < -0.3 is 20.0 Å². The van der Waals surface area contributed by atoms with Gasteiger partial charge in [-0.15, -0.1) is 0 Å². The van der Waals surface area contributed by atoms with Crippen molar-refractivity contribution in [2.75, 3.05) is 26.2 Å². The van der Waals surface area contributed by atoms with E-state index in [-0.39, 0.29) is 23.4 Å². The molecule has 0 aromatic heterocycles. The summed E-state index contributed by atoms with van der Waals surface area (Å²) in [4.78, 5) is 29.7. The number of aliphatic hydroxyl groups is 1. The standard InChI is InChI=1S/C26H31FN2O4/c1-5-28(6-2)11-8-12-29-23(18-9-7-10-19(27)15-18)22(25(32)26(29)33)24(31)20-13-16(3)17(4)14-21(20)30/h7,9-10,13-15,23,30-31H,5-6,8,11-12H2,1-4H3/t23-/m0/s1. The van der Waals surface area contributed by atoms with E-state index in [1.807, 2.05) is 13.8 Å². The van der Waals surface area contributed by atoms with Gasteiger partial charge in [0.2, 0.25) is 0 Å². The fraction of sp³-hybridized carbons (Fsp3) is 0.385. The average Bonchev–Trinajstić information content (AvgIpc) is 3.03. The molecule has 2 aromatic rings. The lowest BCUT2D eigenvalue weighted by molar-refractivity contribution is -0.140. The van der Waals surface area contributed by atoms with Crippen molar-refractivity contribution in [3.05, 3.63) is 70.0 Å². The van der Waals surface area contributed by atoms with Crippen LogP contribution in [0.3, 0.4) is 0 Å². The number of halogens is 1. The maximum atomic E-state index is 14.1. The number of nitrogens with zero attached hydrogens (tertiary/aromatic N) is 2. The van der Waals surface area contributed by atoms with Crippen LogP contribution in [0.15, 0.2) is 42.0 Å². The number of ketones is 1. The predicted octanol–water partition coefficient (Wildman–Crippen LogP) is 4.30. The van der Waals surface area contributed by atoms with Gasteiger partial charge in [0.25, 0.3) is 11.7 Å². The van der Waals surface area contributed by atoms with Gasteiger partial charge in [-0.2, -0.15) is 0 Å². The highest BCUT2D eigenvalue weighted by Gasteiger charge is 2.46. The summed E-state index contributed by atoms with van der Waals surface area (Å²) in [5.74, 6) is -2.75. The quantitative estimate of drug-likeness (QED) is 0.353. The van der Waals surface area contributed by atoms with Crippen LogP contribution in [0, 0.1) is 19.7 Å². The van der Waals surface area contributed by atoms with Crippen LogP contribution in [-0.2, 0) is 9.59 Å². The summed E-state index contributed by atoms with van der Waals surface area (Å²) in [6.07, 6.45) is 0.620. The molecule has 1 aliphatic heterocycles. The number of benzene rings is 2. The van der Waals surface area contributed by atoms with Crippen LogP contribution in [0.4, 0.5) is 4.39 Å². The number of amides is 1. The van der Waals surface area contributed by atoms with E-state index in [0.29, 0.717) is 12.0 Å². The third-order valence-electron chi connectivity index (χ3n) is 6.34. The Morgan fingerprint density at radius 1 is 1.09 bits per heavy atom. The van der Waals surface area contributed by atoms with E-state index in [1.54, 1.807) is 12.1 Å². The van der Waals surface area contributed by atoms with Crippen molar-refractivity contribution in [2.45, 2.75) is 40.2 Å². The predicted molar refractivity (Wildman–Crippen MR) is 125 cm³/mol. The zero-order valence-corrected chi connectivity index (χ0v) is 19.6. The van der Waals surface area contributed by atoms with E-state index >= 15 is 0 Å². The van der Waals surface area contributed by atoms with Crippen LogP contribution in [-0.4, -0.2) is 57.9 Å². The number of aliphatic hydroxyl groups excluding tert-OH is 1. The fourth-order valence-electron chi connectivity index (χ4n) is 4.27.